The summed E-state index contributed by atoms with van der Waals surface area (Å²) in [7, 11) is 0. The molecule has 0 spiro atoms. The van der Waals surface area contributed by atoms with Crippen molar-refractivity contribution in [2.75, 3.05) is 13.2 Å². The van der Waals surface area contributed by atoms with Gasteiger partial charge in [-0.25, -0.2) is 4.98 Å². The highest BCUT2D eigenvalue weighted by Crippen LogP contribution is 2.32. The van der Waals surface area contributed by atoms with Crippen molar-refractivity contribution in [2.24, 2.45) is 0 Å². The largest absolute Gasteiger partial charge is 0.490 e. The molecule has 0 saturated heterocycles. The molecule has 0 amide bonds. The Labute approximate surface area is 146 Å². The number of aryl methyl sites for hydroxylation is 1. The van der Waals surface area contributed by atoms with Gasteiger partial charge >= 0.3 is 0 Å². The smallest absolute Gasteiger partial charge is 0.181 e. The van der Waals surface area contributed by atoms with Crippen molar-refractivity contribution in [1.29, 1.82) is 0 Å². The zero-order valence-electron chi connectivity index (χ0n) is 14.5. The zero-order chi connectivity index (χ0) is 17.2. The van der Waals surface area contributed by atoms with Crippen molar-refractivity contribution in [3.8, 4) is 11.5 Å². The minimum Gasteiger partial charge on any atom is -0.490 e. The summed E-state index contributed by atoms with van der Waals surface area (Å²) in [6, 6.07) is 8.48. The lowest BCUT2D eigenvalue weighted by atomic mass is 10.1. The molecule has 0 fully saturated rings. The average molecular weight is 338 g/mol. The predicted octanol–water partition coefficient (Wildman–Crippen LogP) is 3.28. The Bertz CT molecular complexity index is 890. The van der Waals surface area contributed by atoms with Crippen molar-refractivity contribution in [2.45, 2.75) is 32.9 Å². The first-order valence-corrected chi connectivity index (χ1v) is 8.63. The summed E-state index contributed by atoms with van der Waals surface area (Å²) >= 11 is 0. The zero-order valence-corrected chi connectivity index (χ0v) is 14.5. The summed E-state index contributed by atoms with van der Waals surface area (Å²) in [4.78, 5) is 4.40. The molecule has 1 aliphatic rings. The summed E-state index contributed by atoms with van der Waals surface area (Å²) in [6.45, 7) is 6.31. The maximum absolute atomic E-state index is 5.78. The first-order valence-electron chi connectivity index (χ1n) is 8.63. The van der Waals surface area contributed by atoms with Crippen LogP contribution in [0.4, 0.5) is 0 Å². The Morgan fingerprint density at radius 1 is 1.20 bits per heavy atom. The third kappa shape index (κ3) is 3.30. The van der Waals surface area contributed by atoms with Gasteiger partial charge in [0, 0.05) is 36.3 Å². The molecule has 6 nitrogen and oxygen atoms in total. The molecule has 1 atom stereocenters. The van der Waals surface area contributed by atoms with Crippen LogP contribution in [-0.4, -0.2) is 28.4 Å². The lowest BCUT2D eigenvalue weighted by Gasteiger charge is -2.16. The topological polar surface area (TPSA) is 72.1 Å². The molecule has 1 aromatic carbocycles. The van der Waals surface area contributed by atoms with Crippen molar-refractivity contribution in [3.63, 3.8) is 0 Å². The van der Waals surface area contributed by atoms with Crippen molar-refractivity contribution in [3.05, 3.63) is 47.3 Å². The van der Waals surface area contributed by atoms with E-state index in [-0.39, 0.29) is 6.04 Å². The van der Waals surface area contributed by atoms with Gasteiger partial charge in [0.2, 0.25) is 0 Å². The van der Waals surface area contributed by atoms with E-state index in [1.54, 1.807) is 0 Å². The molecular weight excluding hydrogens is 316 g/mol. The molecule has 1 unspecified atom stereocenters. The normalized spacial score (nSPS) is 15.1. The highest BCUT2D eigenvalue weighted by Gasteiger charge is 2.14. The molecule has 3 aromatic rings. The van der Waals surface area contributed by atoms with Crippen molar-refractivity contribution in [1.82, 2.24) is 20.5 Å². The Balaban J connectivity index is 1.46. The first kappa shape index (κ1) is 15.9. The Kier molecular flexibility index (Phi) is 4.28. The summed E-state index contributed by atoms with van der Waals surface area (Å²) in [5.74, 6) is 1.67. The van der Waals surface area contributed by atoms with Crippen LogP contribution in [0.15, 0.2) is 30.5 Å². The number of nitrogens with zero attached hydrogens (tertiary/aromatic N) is 2. The van der Waals surface area contributed by atoms with Gasteiger partial charge in [-0.1, -0.05) is 6.07 Å². The van der Waals surface area contributed by atoms with Gasteiger partial charge in [0.15, 0.2) is 17.1 Å². The average Bonchev–Trinajstić information content (AvgIpc) is 2.85. The number of hydrogen-bond acceptors (Lipinski definition) is 5. The number of benzene rings is 1. The second-order valence-electron chi connectivity index (χ2n) is 6.42. The number of hydrogen-bond donors (Lipinski definition) is 2. The summed E-state index contributed by atoms with van der Waals surface area (Å²) in [6.07, 6.45) is 2.79. The van der Waals surface area contributed by atoms with E-state index in [4.69, 9.17) is 9.47 Å². The highest BCUT2D eigenvalue weighted by molar-refractivity contribution is 5.77. The van der Waals surface area contributed by atoms with E-state index in [9.17, 15) is 0 Å². The van der Waals surface area contributed by atoms with Gasteiger partial charge < -0.3 is 14.8 Å². The van der Waals surface area contributed by atoms with Crippen LogP contribution in [0, 0.1) is 6.92 Å². The van der Waals surface area contributed by atoms with Gasteiger partial charge in [0.1, 0.15) is 0 Å². The first-order chi connectivity index (χ1) is 12.2. The van der Waals surface area contributed by atoms with E-state index in [0.29, 0.717) is 13.2 Å². The van der Waals surface area contributed by atoms with Crippen LogP contribution in [0.1, 0.15) is 36.2 Å². The molecular formula is C19H22N4O2. The SMILES string of the molecule is Cc1[nH]nc2ncc(CNC(C)c3ccc4c(c3)OCCCO4)cc12. The number of ether oxygens (including phenoxy) is 2. The maximum Gasteiger partial charge on any atom is 0.181 e. The third-order valence-corrected chi connectivity index (χ3v) is 4.54. The molecule has 2 N–H and O–H groups in total. The van der Waals surface area contributed by atoms with E-state index >= 15 is 0 Å². The number of aromatic nitrogens is 3. The van der Waals surface area contributed by atoms with E-state index in [1.165, 1.54) is 5.56 Å². The monoisotopic (exact) mass is 338 g/mol. The highest BCUT2D eigenvalue weighted by atomic mass is 16.5. The van der Waals surface area contributed by atoms with E-state index in [0.717, 1.165) is 46.8 Å². The van der Waals surface area contributed by atoms with Crippen LogP contribution in [0.25, 0.3) is 11.0 Å². The minimum absolute atomic E-state index is 0.193. The van der Waals surface area contributed by atoms with Gasteiger partial charge in [0.05, 0.1) is 13.2 Å². The molecule has 0 aliphatic carbocycles. The van der Waals surface area contributed by atoms with E-state index in [2.05, 4.69) is 45.6 Å². The molecule has 25 heavy (non-hydrogen) atoms. The second kappa shape index (κ2) is 6.72. The van der Waals surface area contributed by atoms with Crippen molar-refractivity contribution < 1.29 is 9.47 Å². The molecule has 130 valence electrons. The number of nitrogens with one attached hydrogen (secondary N) is 2. The maximum atomic E-state index is 5.78. The predicted molar refractivity (Wildman–Crippen MR) is 95.9 cm³/mol. The van der Waals surface area contributed by atoms with Crippen LogP contribution in [0.3, 0.4) is 0 Å². The number of pyridine rings is 1. The fraction of sp³-hybridized carbons (Fsp3) is 0.368. The molecule has 0 radical (unpaired) electrons. The van der Waals surface area contributed by atoms with Crippen LogP contribution < -0.4 is 14.8 Å². The van der Waals surface area contributed by atoms with Gasteiger partial charge in [-0.15, -0.1) is 0 Å². The van der Waals surface area contributed by atoms with Crippen LogP contribution in [0.2, 0.25) is 0 Å². The molecule has 3 heterocycles. The third-order valence-electron chi connectivity index (χ3n) is 4.54. The van der Waals surface area contributed by atoms with Gasteiger partial charge in [0.25, 0.3) is 0 Å². The molecule has 4 rings (SSSR count). The van der Waals surface area contributed by atoms with E-state index in [1.807, 2.05) is 19.2 Å². The van der Waals surface area contributed by atoms with Crippen LogP contribution in [0.5, 0.6) is 11.5 Å². The quantitative estimate of drug-likeness (QED) is 0.764. The molecule has 6 heteroatoms. The number of H-pyrrole nitrogens is 1. The lowest BCUT2D eigenvalue weighted by molar-refractivity contribution is 0.297. The summed E-state index contributed by atoms with van der Waals surface area (Å²) in [5, 5.41) is 11.8. The number of rotatable bonds is 4. The lowest BCUT2D eigenvalue weighted by Crippen LogP contribution is -2.18. The standard InChI is InChI=1S/C19H22N4O2/c1-12(15-4-5-17-18(9-15)25-7-3-6-24-17)20-10-14-8-16-13(2)22-23-19(16)21-11-14/h4-5,8-9,11-12,20H,3,6-7,10H2,1-2H3,(H,21,22,23). The van der Waals surface area contributed by atoms with E-state index < -0.39 is 0 Å². The molecule has 0 saturated carbocycles. The number of fused-ring (bicyclic) bond motifs is 2. The summed E-state index contributed by atoms with van der Waals surface area (Å²) < 4.78 is 11.5. The Morgan fingerprint density at radius 3 is 2.92 bits per heavy atom. The Hall–Kier alpha value is -2.60. The fourth-order valence-electron chi connectivity index (χ4n) is 3.00. The van der Waals surface area contributed by atoms with Crippen molar-refractivity contribution >= 4 is 11.0 Å². The van der Waals surface area contributed by atoms with Gasteiger partial charge in [-0.05, 0) is 43.2 Å². The minimum atomic E-state index is 0.193. The van der Waals surface area contributed by atoms with Crippen LogP contribution in [-0.2, 0) is 6.54 Å². The summed E-state index contributed by atoms with van der Waals surface area (Å²) in [5.41, 5.74) is 4.12. The number of aromatic amines is 1. The van der Waals surface area contributed by atoms with Crippen LogP contribution >= 0.6 is 0 Å². The van der Waals surface area contributed by atoms with Gasteiger partial charge in [-0.2, -0.15) is 5.10 Å². The molecule has 0 bridgehead atoms. The Morgan fingerprint density at radius 2 is 2.04 bits per heavy atom. The molecule has 1 aliphatic heterocycles. The second-order valence-corrected chi connectivity index (χ2v) is 6.42. The fourth-order valence-corrected chi connectivity index (χ4v) is 3.00. The van der Waals surface area contributed by atoms with Gasteiger partial charge in [-0.3, -0.25) is 5.10 Å². The molecule has 2 aromatic heterocycles.